The Balaban J connectivity index is 2.18. The van der Waals surface area contributed by atoms with E-state index >= 15 is 0 Å². The van der Waals surface area contributed by atoms with Gasteiger partial charge in [0.15, 0.2) is 0 Å². The highest BCUT2D eigenvalue weighted by Crippen LogP contribution is 2.24. The van der Waals surface area contributed by atoms with E-state index in [-0.39, 0.29) is 16.8 Å². The highest BCUT2D eigenvalue weighted by Gasteiger charge is 2.23. The van der Waals surface area contributed by atoms with Crippen LogP contribution in [0.15, 0.2) is 58.3 Å². The van der Waals surface area contributed by atoms with Gasteiger partial charge in [-0.2, -0.15) is 0 Å². The van der Waals surface area contributed by atoms with Crippen LogP contribution >= 0.6 is 11.8 Å². The molecule has 0 radical (unpaired) electrons. The molecule has 0 atom stereocenters. The van der Waals surface area contributed by atoms with Crippen molar-refractivity contribution in [2.75, 3.05) is 17.6 Å². The van der Waals surface area contributed by atoms with Gasteiger partial charge in [0.2, 0.25) is 0 Å². The third kappa shape index (κ3) is 5.54. The van der Waals surface area contributed by atoms with Crippen LogP contribution in [0.4, 0.5) is 5.69 Å². The van der Waals surface area contributed by atoms with Gasteiger partial charge in [-0.15, -0.1) is 11.8 Å². The maximum Gasteiger partial charge on any atom is 0.264 e. The van der Waals surface area contributed by atoms with Gasteiger partial charge in [-0.05, 0) is 66.6 Å². The van der Waals surface area contributed by atoms with Crippen molar-refractivity contribution in [2.45, 2.75) is 43.5 Å². The van der Waals surface area contributed by atoms with Crippen molar-refractivity contribution in [2.24, 2.45) is 11.8 Å². The first-order valence-corrected chi connectivity index (χ1v) is 12.3. The topological polar surface area (TPSA) is 66.5 Å². The van der Waals surface area contributed by atoms with Gasteiger partial charge in [0.25, 0.3) is 15.9 Å². The average molecular weight is 435 g/mol. The minimum absolute atomic E-state index is 0.0782. The lowest BCUT2D eigenvalue weighted by molar-refractivity contribution is 0.0910. The van der Waals surface area contributed by atoms with E-state index in [1.165, 1.54) is 11.4 Å². The van der Waals surface area contributed by atoms with E-state index in [0.29, 0.717) is 23.1 Å². The number of sulfonamides is 1. The van der Waals surface area contributed by atoms with Crippen molar-refractivity contribution < 1.29 is 13.2 Å². The predicted molar refractivity (Wildman–Crippen MR) is 121 cm³/mol. The first-order valence-electron chi connectivity index (χ1n) is 9.61. The van der Waals surface area contributed by atoms with Crippen molar-refractivity contribution in [1.82, 2.24) is 5.32 Å². The molecule has 1 amide bonds. The largest absolute Gasteiger partial charge is 0.349 e. The third-order valence-electron chi connectivity index (χ3n) is 4.95. The van der Waals surface area contributed by atoms with Crippen LogP contribution in [0.2, 0.25) is 0 Å². The lowest BCUT2D eigenvalue weighted by atomic mass is 9.93. The second-order valence-corrected chi connectivity index (χ2v) is 10.5. The number of thioether (sulfide) groups is 1. The van der Waals surface area contributed by atoms with E-state index in [9.17, 15) is 13.2 Å². The van der Waals surface area contributed by atoms with Gasteiger partial charge in [-0.1, -0.05) is 27.7 Å². The fraction of sp³-hybridized carbons (Fsp3) is 0.409. The molecule has 0 saturated heterocycles. The number of carbonyl (C=O) groups excluding carboxylic acids is 1. The highest BCUT2D eigenvalue weighted by atomic mass is 32.2. The van der Waals surface area contributed by atoms with Crippen LogP contribution in [0.1, 0.15) is 38.1 Å². The van der Waals surface area contributed by atoms with Crippen LogP contribution in [0.5, 0.6) is 0 Å². The van der Waals surface area contributed by atoms with E-state index in [1.54, 1.807) is 60.3 Å². The normalized spacial score (nSPS) is 11.9. The maximum atomic E-state index is 12.9. The predicted octanol–water partition coefficient (Wildman–Crippen LogP) is 4.64. The monoisotopic (exact) mass is 434 g/mol. The number of anilines is 1. The Morgan fingerprint density at radius 1 is 0.931 bits per heavy atom. The molecule has 2 aromatic rings. The summed E-state index contributed by atoms with van der Waals surface area (Å²) in [5, 5.41) is 3.07. The molecule has 1 N–H and O–H groups in total. The van der Waals surface area contributed by atoms with Gasteiger partial charge in [0.1, 0.15) is 0 Å². The van der Waals surface area contributed by atoms with Crippen molar-refractivity contribution in [3.63, 3.8) is 0 Å². The molecule has 0 unspecified atom stereocenters. The smallest absolute Gasteiger partial charge is 0.264 e. The van der Waals surface area contributed by atoms with Crippen LogP contribution in [-0.4, -0.2) is 33.7 Å². The Labute approximate surface area is 178 Å². The zero-order chi connectivity index (χ0) is 21.8. The number of hydrogen-bond acceptors (Lipinski definition) is 4. The number of benzene rings is 2. The average Bonchev–Trinajstić information content (AvgIpc) is 2.70. The molecule has 0 aromatic heterocycles. The fourth-order valence-electron chi connectivity index (χ4n) is 3.21. The summed E-state index contributed by atoms with van der Waals surface area (Å²) in [5.74, 6) is 0.501. The molecule has 0 spiro atoms. The van der Waals surface area contributed by atoms with Crippen LogP contribution in [0.25, 0.3) is 0 Å². The Kier molecular flexibility index (Phi) is 7.77. The highest BCUT2D eigenvalue weighted by molar-refractivity contribution is 7.98. The first-order chi connectivity index (χ1) is 13.6. The van der Waals surface area contributed by atoms with E-state index in [1.807, 2.05) is 6.26 Å². The summed E-state index contributed by atoms with van der Waals surface area (Å²) < 4.78 is 27.0. The summed E-state index contributed by atoms with van der Waals surface area (Å²) >= 11 is 1.56. The number of carbonyl (C=O) groups is 1. The first kappa shape index (κ1) is 23.3. The molecule has 29 heavy (non-hydrogen) atoms. The van der Waals surface area contributed by atoms with Gasteiger partial charge in [0, 0.05) is 23.5 Å². The summed E-state index contributed by atoms with van der Waals surface area (Å²) in [5.41, 5.74) is 1.01. The Hall–Kier alpha value is -1.99. The summed E-state index contributed by atoms with van der Waals surface area (Å²) in [6.45, 7) is 8.33. The van der Waals surface area contributed by atoms with E-state index in [2.05, 4.69) is 33.0 Å². The van der Waals surface area contributed by atoms with Gasteiger partial charge in [-0.25, -0.2) is 8.42 Å². The minimum Gasteiger partial charge on any atom is -0.349 e. The standard InChI is InChI=1S/C22H30N2O3S2/c1-15(2)21(16(3)4)23-22(25)17-7-9-18(10-8-17)24(5)29(26,27)20-13-11-19(28-6)12-14-20/h7-16,21H,1-6H3,(H,23,25). The molecule has 7 heteroatoms. The molecule has 0 heterocycles. The number of rotatable bonds is 8. The number of amides is 1. The number of hydrogen-bond donors (Lipinski definition) is 1. The van der Waals surface area contributed by atoms with Gasteiger partial charge in [0.05, 0.1) is 10.6 Å². The lowest BCUT2D eigenvalue weighted by Crippen LogP contribution is -2.42. The molecule has 2 aromatic carbocycles. The van der Waals surface area contributed by atoms with Crippen LogP contribution in [0, 0.1) is 11.8 Å². The Morgan fingerprint density at radius 3 is 1.90 bits per heavy atom. The Morgan fingerprint density at radius 2 is 1.45 bits per heavy atom. The summed E-state index contributed by atoms with van der Waals surface area (Å²) in [7, 11) is -2.15. The molecule has 0 aliphatic rings. The van der Waals surface area contributed by atoms with Gasteiger partial charge in [-0.3, -0.25) is 9.10 Å². The van der Waals surface area contributed by atoms with Crippen LogP contribution in [0.3, 0.4) is 0 Å². The molecule has 2 rings (SSSR count). The van der Waals surface area contributed by atoms with E-state index < -0.39 is 10.0 Å². The number of nitrogens with zero attached hydrogens (tertiary/aromatic N) is 1. The summed E-state index contributed by atoms with van der Waals surface area (Å²) in [6, 6.07) is 13.5. The van der Waals surface area contributed by atoms with Gasteiger partial charge < -0.3 is 5.32 Å². The third-order valence-corrected chi connectivity index (χ3v) is 7.49. The Bertz CT molecular complexity index is 914. The SMILES string of the molecule is CSc1ccc(S(=O)(=O)N(C)c2ccc(C(=O)NC(C(C)C)C(C)C)cc2)cc1. The molecule has 158 valence electrons. The quantitative estimate of drug-likeness (QED) is 0.615. The lowest BCUT2D eigenvalue weighted by Gasteiger charge is -2.26. The zero-order valence-electron chi connectivity index (χ0n) is 17.8. The van der Waals surface area contributed by atoms with Crippen molar-refractivity contribution in [1.29, 1.82) is 0 Å². The molecular formula is C22H30N2O3S2. The summed E-state index contributed by atoms with van der Waals surface area (Å²) in [6.07, 6.45) is 1.94. The van der Waals surface area contributed by atoms with Crippen molar-refractivity contribution >= 4 is 33.4 Å². The van der Waals surface area contributed by atoms with E-state index in [4.69, 9.17) is 0 Å². The molecule has 0 saturated carbocycles. The maximum absolute atomic E-state index is 12.9. The molecule has 5 nitrogen and oxygen atoms in total. The molecule has 0 aliphatic carbocycles. The molecule has 0 fully saturated rings. The van der Waals surface area contributed by atoms with Crippen LogP contribution < -0.4 is 9.62 Å². The van der Waals surface area contributed by atoms with Crippen molar-refractivity contribution in [3.05, 3.63) is 54.1 Å². The minimum atomic E-state index is -3.67. The van der Waals surface area contributed by atoms with Crippen molar-refractivity contribution in [3.8, 4) is 0 Å². The van der Waals surface area contributed by atoms with Gasteiger partial charge >= 0.3 is 0 Å². The molecular weight excluding hydrogens is 404 g/mol. The second-order valence-electron chi connectivity index (χ2n) is 7.68. The molecule has 0 bridgehead atoms. The zero-order valence-corrected chi connectivity index (χ0v) is 19.5. The number of nitrogens with one attached hydrogen (secondary N) is 1. The second kappa shape index (κ2) is 9.67. The van der Waals surface area contributed by atoms with E-state index in [0.717, 1.165) is 4.90 Å². The molecule has 0 aliphatic heterocycles. The summed E-state index contributed by atoms with van der Waals surface area (Å²) in [4.78, 5) is 13.8. The van der Waals surface area contributed by atoms with Crippen LogP contribution in [-0.2, 0) is 10.0 Å². The fourth-order valence-corrected chi connectivity index (χ4v) is 4.81.